The van der Waals surface area contributed by atoms with Crippen LogP contribution in [-0.4, -0.2) is 34.0 Å². The minimum absolute atomic E-state index is 0.683. The van der Waals surface area contributed by atoms with Crippen LogP contribution in [0.25, 0.3) is 0 Å². The fourth-order valence-electron chi connectivity index (χ4n) is 0.760. The van der Waals surface area contributed by atoms with Gasteiger partial charge in [-0.15, -0.1) is 0 Å². The third kappa shape index (κ3) is 23.8. The molecule has 0 unspecified atom stereocenters. The van der Waals surface area contributed by atoms with Gasteiger partial charge in [0.1, 0.15) is 0 Å². The summed E-state index contributed by atoms with van der Waals surface area (Å²) in [7, 11) is 0. The van der Waals surface area contributed by atoms with Gasteiger partial charge in [-0.1, -0.05) is 18.2 Å². The minimum Gasteiger partial charge on any atom is -0.478 e. The summed E-state index contributed by atoms with van der Waals surface area (Å²) in [5.41, 5.74) is 15.3. The second kappa shape index (κ2) is 13.4. The van der Waals surface area contributed by atoms with Gasteiger partial charge in [-0.3, -0.25) is 9.59 Å². The molecule has 8 N–H and O–H groups in total. The molecule has 0 aliphatic carbocycles. The standard InChI is InChI=1S/C6H7N.2C4H5NO3/c7-6-4-2-1-3-5-6;2*5-3(6)1-2-4(7)8/h1-5H,7H2;2*1-2H,(H2,5,6)(H,7,8)/b;2*2-1-. The van der Waals surface area contributed by atoms with Crippen LogP contribution in [0.3, 0.4) is 0 Å². The molecule has 9 heteroatoms. The first-order chi connectivity index (χ1) is 10.6. The number of amides is 2. The highest BCUT2D eigenvalue weighted by atomic mass is 16.4. The van der Waals surface area contributed by atoms with E-state index in [2.05, 4.69) is 11.5 Å². The molecule has 0 aliphatic rings. The summed E-state index contributed by atoms with van der Waals surface area (Å²) in [6.07, 6.45) is 2.93. The van der Waals surface area contributed by atoms with E-state index in [0.29, 0.717) is 12.2 Å². The molecule has 1 aromatic carbocycles. The fraction of sp³-hybridized carbons (Fsp3) is 0. The molecule has 0 fully saturated rings. The molecule has 1 aromatic rings. The van der Waals surface area contributed by atoms with E-state index in [1.165, 1.54) is 0 Å². The first-order valence-corrected chi connectivity index (χ1v) is 5.86. The van der Waals surface area contributed by atoms with E-state index in [-0.39, 0.29) is 0 Å². The molecule has 0 aromatic heterocycles. The molecular weight excluding hydrogens is 306 g/mol. The van der Waals surface area contributed by atoms with Crippen molar-refractivity contribution in [3.05, 3.63) is 54.6 Å². The molecule has 0 saturated carbocycles. The summed E-state index contributed by atoms with van der Waals surface area (Å²) in [5, 5.41) is 15.7. The van der Waals surface area contributed by atoms with Crippen LogP contribution in [0.2, 0.25) is 0 Å². The number of nitrogen functional groups attached to an aromatic ring is 1. The maximum Gasteiger partial charge on any atom is 0.328 e. The van der Waals surface area contributed by atoms with Crippen molar-refractivity contribution in [2.45, 2.75) is 0 Å². The number of carbonyl (C=O) groups is 4. The van der Waals surface area contributed by atoms with Gasteiger partial charge in [0.25, 0.3) is 0 Å². The Morgan fingerprint density at radius 3 is 1.22 bits per heavy atom. The van der Waals surface area contributed by atoms with Crippen LogP contribution in [0.4, 0.5) is 5.69 Å². The predicted molar refractivity (Wildman–Crippen MR) is 82.8 cm³/mol. The van der Waals surface area contributed by atoms with Crippen molar-refractivity contribution in [2.75, 3.05) is 5.73 Å². The SMILES string of the molecule is NC(=O)/C=C\C(=O)O.NC(=O)/C=C\C(=O)O.Nc1ccccc1. The molecule has 124 valence electrons. The average Bonchev–Trinajstić information content (AvgIpc) is 2.45. The predicted octanol–water partition coefficient (Wildman–Crippen LogP) is -0.506. The molecule has 0 radical (unpaired) electrons. The Labute approximate surface area is 131 Å². The number of aliphatic carboxylic acids is 2. The Balaban J connectivity index is 0. The van der Waals surface area contributed by atoms with Crippen molar-refractivity contribution in [3.63, 3.8) is 0 Å². The third-order valence-electron chi connectivity index (χ3n) is 1.58. The number of rotatable bonds is 4. The molecule has 0 spiro atoms. The summed E-state index contributed by atoms with van der Waals surface area (Å²) >= 11 is 0. The summed E-state index contributed by atoms with van der Waals surface area (Å²) in [6, 6.07) is 9.49. The van der Waals surface area contributed by atoms with Crippen molar-refractivity contribution in [1.82, 2.24) is 0 Å². The number of anilines is 1. The van der Waals surface area contributed by atoms with Gasteiger partial charge in [-0.25, -0.2) is 9.59 Å². The van der Waals surface area contributed by atoms with Crippen molar-refractivity contribution in [3.8, 4) is 0 Å². The van der Waals surface area contributed by atoms with E-state index < -0.39 is 23.8 Å². The summed E-state index contributed by atoms with van der Waals surface area (Å²) in [4.78, 5) is 38.8. The Bertz CT molecular complexity index is 515. The van der Waals surface area contributed by atoms with Gasteiger partial charge in [0.15, 0.2) is 0 Å². The first kappa shape index (κ1) is 21.7. The molecule has 0 aliphatic heterocycles. The van der Waals surface area contributed by atoms with Gasteiger partial charge in [-0.05, 0) is 12.1 Å². The number of carboxylic acids is 2. The molecule has 1 rings (SSSR count). The van der Waals surface area contributed by atoms with Crippen molar-refractivity contribution in [2.24, 2.45) is 11.5 Å². The lowest BCUT2D eigenvalue weighted by Gasteiger charge is -1.83. The lowest BCUT2D eigenvalue weighted by molar-refractivity contribution is -0.132. The molecule has 0 atom stereocenters. The number of hydrogen-bond donors (Lipinski definition) is 5. The van der Waals surface area contributed by atoms with Crippen LogP contribution in [0.15, 0.2) is 54.6 Å². The van der Waals surface area contributed by atoms with Gasteiger partial charge in [0, 0.05) is 30.0 Å². The first-order valence-electron chi connectivity index (χ1n) is 5.86. The number of primary amides is 2. The zero-order valence-electron chi connectivity index (χ0n) is 12.0. The Kier molecular flexibility index (Phi) is 12.6. The van der Waals surface area contributed by atoms with Gasteiger partial charge < -0.3 is 27.4 Å². The van der Waals surface area contributed by atoms with Crippen molar-refractivity contribution >= 4 is 29.4 Å². The third-order valence-corrected chi connectivity index (χ3v) is 1.58. The van der Waals surface area contributed by atoms with Gasteiger partial charge in [0.05, 0.1) is 0 Å². The minimum atomic E-state index is -1.18. The highest BCUT2D eigenvalue weighted by molar-refractivity contribution is 5.93. The van der Waals surface area contributed by atoms with Crippen LogP contribution >= 0.6 is 0 Å². The number of para-hydroxylation sites is 1. The summed E-state index contributed by atoms with van der Waals surface area (Å²) < 4.78 is 0. The van der Waals surface area contributed by atoms with Crippen LogP contribution < -0.4 is 17.2 Å². The molecule has 0 saturated heterocycles. The number of carboxylic acid groups (broad SMARTS) is 2. The monoisotopic (exact) mass is 323 g/mol. The summed E-state index contributed by atoms with van der Waals surface area (Å²) in [5.74, 6) is -3.87. The number of hydrogen-bond acceptors (Lipinski definition) is 5. The van der Waals surface area contributed by atoms with Gasteiger partial charge in [-0.2, -0.15) is 0 Å². The maximum absolute atomic E-state index is 9.78. The molecule has 2 amide bonds. The van der Waals surface area contributed by atoms with E-state index in [0.717, 1.165) is 17.8 Å². The largest absolute Gasteiger partial charge is 0.478 e. The normalized spacial score (nSPS) is 9.22. The molecule has 9 nitrogen and oxygen atoms in total. The van der Waals surface area contributed by atoms with Crippen molar-refractivity contribution < 1.29 is 29.4 Å². The van der Waals surface area contributed by atoms with E-state index in [9.17, 15) is 19.2 Å². The van der Waals surface area contributed by atoms with Crippen LogP contribution in [0.1, 0.15) is 0 Å². The lowest BCUT2D eigenvalue weighted by Crippen LogP contribution is -2.06. The Morgan fingerprint density at radius 2 is 1.09 bits per heavy atom. The van der Waals surface area contributed by atoms with E-state index >= 15 is 0 Å². The second-order valence-electron chi connectivity index (χ2n) is 3.56. The zero-order chi connectivity index (χ0) is 18.3. The van der Waals surface area contributed by atoms with Crippen LogP contribution in [0, 0.1) is 0 Å². The van der Waals surface area contributed by atoms with Gasteiger partial charge >= 0.3 is 11.9 Å². The topological polar surface area (TPSA) is 187 Å². The van der Waals surface area contributed by atoms with E-state index in [1.807, 2.05) is 30.3 Å². The molecule has 0 bridgehead atoms. The van der Waals surface area contributed by atoms with E-state index in [1.54, 1.807) is 0 Å². The average molecular weight is 323 g/mol. The van der Waals surface area contributed by atoms with Crippen LogP contribution in [0.5, 0.6) is 0 Å². The fourth-order valence-corrected chi connectivity index (χ4v) is 0.760. The zero-order valence-corrected chi connectivity index (χ0v) is 12.0. The number of nitrogens with two attached hydrogens (primary N) is 3. The smallest absolute Gasteiger partial charge is 0.328 e. The van der Waals surface area contributed by atoms with Gasteiger partial charge in [0.2, 0.25) is 11.8 Å². The number of carbonyl (C=O) groups excluding carboxylic acids is 2. The highest BCUT2D eigenvalue weighted by Gasteiger charge is 1.86. The quantitative estimate of drug-likeness (QED) is 0.364. The highest BCUT2D eigenvalue weighted by Crippen LogP contribution is 1.95. The Hall–Kier alpha value is -3.62. The Morgan fingerprint density at radius 1 is 0.739 bits per heavy atom. The van der Waals surface area contributed by atoms with Crippen LogP contribution in [-0.2, 0) is 19.2 Å². The van der Waals surface area contributed by atoms with Crippen molar-refractivity contribution in [1.29, 1.82) is 0 Å². The maximum atomic E-state index is 9.78. The molecular formula is C14H17N3O6. The number of benzene rings is 1. The summed E-state index contributed by atoms with van der Waals surface area (Å²) in [6.45, 7) is 0. The molecule has 0 heterocycles. The van der Waals surface area contributed by atoms with E-state index in [4.69, 9.17) is 15.9 Å². The molecule has 23 heavy (non-hydrogen) atoms. The lowest BCUT2D eigenvalue weighted by atomic mass is 10.3. The second-order valence-corrected chi connectivity index (χ2v) is 3.56.